The monoisotopic (exact) mass is 541 g/mol. The number of nitrogens with one attached hydrogen (secondary N) is 2. The molecule has 6 nitrogen and oxygen atoms in total. The lowest BCUT2D eigenvalue weighted by Crippen LogP contribution is -2.49. The standard InChI is InChI=1S/C24H39N5O.HI/c1-2-25-24(27-21-9-15-29(16-10-21)22-7-8-22)26-17-19-3-5-20(6-4-19)18-28-13-11-23(30)12-14-28;/h3-6,21-23,30H,2,7-18H2,1H3,(H2,25,26,27);1H. The van der Waals surface area contributed by atoms with Crippen LogP contribution in [-0.2, 0) is 13.1 Å². The summed E-state index contributed by atoms with van der Waals surface area (Å²) in [4.78, 5) is 9.94. The van der Waals surface area contributed by atoms with E-state index in [2.05, 4.69) is 51.6 Å². The second-order valence-corrected chi connectivity index (χ2v) is 9.20. The molecule has 0 bridgehead atoms. The maximum atomic E-state index is 9.66. The van der Waals surface area contributed by atoms with Crippen LogP contribution in [0.4, 0.5) is 0 Å². The SMILES string of the molecule is CCNC(=NCc1ccc(CN2CCC(O)CC2)cc1)NC1CCN(C2CC2)CC1.I. The molecular weight excluding hydrogens is 501 g/mol. The van der Waals surface area contributed by atoms with Crippen LogP contribution in [0, 0.1) is 0 Å². The molecule has 174 valence electrons. The Hall–Kier alpha value is -0.900. The van der Waals surface area contributed by atoms with Gasteiger partial charge in [-0.3, -0.25) is 4.90 Å². The van der Waals surface area contributed by atoms with Crippen LogP contribution in [0.15, 0.2) is 29.3 Å². The van der Waals surface area contributed by atoms with E-state index in [1.807, 2.05) is 0 Å². The molecule has 31 heavy (non-hydrogen) atoms. The van der Waals surface area contributed by atoms with E-state index in [1.54, 1.807) is 0 Å². The Morgan fingerprint density at radius 2 is 1.61 bits per heavy atom. The highest BCUT2D eigenvalue weighted by Crippen LogP contribution is 2.29. The minimum atomic E-state index is -0.105. The molecule has 0 spiro atoms. The van der Waals surface area contributed by atoms with Crippen molar-refractivity contribution >= 4 is 29.9 Å². The number of aliphatic imine (C=N–C) groups is 1. The second kappa shape index (κ2) is 12.4. The van der Waals surface area contributed by atoms with Gasteiger partial charge in [-0.1, -0.05) is 24.3 Å². The van der Waals surface area contributed by atoms with E-state index >= 15 is 0 Å². The first-order chi connectivity index (χ1) is 14.7. The molecule has 1 aromatic carbocycles. The predicted molar refractivity (Wildman–Crippen MR) is 138 cm³/mol. The van der Waals surface area contributed by atoms with Crippen molar-refractivity contribution in [3.63, 3.8) is 0 Å². The quantitative estimate of drug-likeness (QED) is 0.282. The van der Waals surface area contributed by atoms with Crippen molar-refractivity contribution in [2.45, 2.75) is 76.7 Å². The molecule has 2 aliphatic heterocycles. The fourth-order valence-electron chi connectivity index (χ4n) is 4.62. The summed E-state index contributed by atoms with van der Waals surface area (Å²) in [6.07, 6.45) is 6.92. The van der Waals surface area contributed by atoms with E-state index in [0.29, 0.717) is 12.6 Å². The zero-order chi connectivity index (χ0) is 20.8. The molecule has 3 N–H and O–H groups in total. The highest BCUT2D eigenvalue weighted by Gasteiger charge is 2.31. The first-order valence-corrected chi connectivity index (χ1v) is 12.0. The molecule has 3 fully saturated rings. The molecule has 0 amide bonds. The summed E-state index contributed by atoms with van der Waals surface area (Å²) < 4.78 is 0. The van der Waals surface area contributed by atoms with Gasteiger partial charge in [0.15, 0.2) is 5.96 Å². The molecule has 0 radical (unpaired) electrons. The number of hydrogen-bond donors (Lipinski definition) is 3. The van der Waals surface area contributed by atoms with E-state index < -0.39 is 0 Å². The van der Waals surface area contributed by atoms with Crippen molar-refractivity contribution in [1.29, 1.82) is 0 Å². The van der Waals surface area contributed by atoms with E-state index in [1.165, 1.54) is 49.9 Å². The van der Waals surface area contributed by atoms with Gasteiger partial charge in [0.1, 0.15) is 0 Å². The molecular formula is C24H40IN5O. The molecule has 7 heteroatoms. The van der Waals surface area contributed by atoms with Gasteiger partial charge in [0, 0.05) is 51.4 Å². The number of hydrogen-bond acceptors (Lipinski definition) is 4. The van der Waals surface area contributed by atoms with Crippen molar-refractivity contribution in [1.82, 2.24) is 20.4 Å². The van der Waals surface area contributed by atoms with Crippen LogP contribution in [0.25, 0.3) is 0 Å². The van der Waals surface area contributed by atoms with Crippen LogP contribution < -0.4 is 10.6 Å². The zero-order valence-corrected chi connectivity index (χ0v) is 21.3. The number of halogens is 1. The average molecular weight is 542 g/mol. The first kappa shape index (κ1) is 24.7. The topological polar surface area (TPSA) is 63.1 Å². The summed E-state index contributed by atoms with van der Waals surface area (Å²) in [5.41, 5.74) is 2.58. The predicted octanol–water partition coefficient (Wildman–Crippen LogP) is 2.94. The normalized spacial score (nSPS) is 22.2. The smallest absolute Gasteiger partial charge is 0.191 e. The Labute approximate surface area is 204 Å². The lowest BCUT2D eigenvalue weighted by Gasteiger charge is -2.33. The number of nitrogens with zero attached hydrogens (tertiary/aromatic N) is 3. The molecule has 4 rings (SSSR count). The fourth-order valence-corrected chi connectivity index (χ4v) is 4.62. The minimum absolute atomic E-state index is 0. The largest absolute Gasteiger partial charge is 0.393 e. The Bertz CT molecular complexity index is 678. The van der Waals surface area contributed by atoms with Gasteiger partial charge in [-0.05, 0) is 56.6 Å². The van der Waals surface area contributed by atoms with E-state index in [4.69, 9.17) is 4.99 Å². The summed E-state index contributed by atoms with van der Waals surface area (Å²) >= 11 is 0. The fraction of sp³-hybridized carbons (Fsp3) is 0.708. The van der Waals surface area contributed by atoms with Crippen molar-refractivity contribution in [2.24, 2.45) is 4.99 Å². The van der Waals surface area contributed by atoms with Crippen molar-refractivity contribution in [2.75, 3.05) is 32.7 Å². The molecule has 1 aliphatic carbocycles. The number of benzene rings is 1. The first-order valence-electron chi connectivity index (χ1n) is 12.0. The Kier molecular flexibility index (Phi) is 9.87. The Morgan fingerprint density at radius 1 is 0.968 bits per heavy atom. The lowest BCUT2D eigenvalue weighted by atomic mass is 10.1. The van der Waals surface area contributed by atoms with E-state index in [0.717, 1.165) is 51.0 Å². The van der Waals surface area contributed by atoms with Gasteiger partial charge < -0.3 is 20.6 Å². The number of aliphatic hydroxyl groups is 1. The summed E-state index contributed by atoms with van der Waals surface area (Å²) in [5, 5.41) is 16.7. The van der Waals surface area contributed by atoms with Crippen molar-refractivity contribution in [3.05, 3.63) is 35.4 Å². The second-order valence-electron chi connectivity index (χ2n) is 9.20. The average Bonchev–Trinajstić information content (AvgIpc) is 3.61. The summed E-state index contributed by atoms with van der Waals surface area (Å²) in [6, 6.07) is 10.3. The molecule has 3 aliphatic rings. The Balaban J connectivity index is 0.00000272. The molecule has 2 heterocycles. The van der Waals surface area contributed by atoms with Crippen molar-refractivity contribution in [3.8, 4) is 0 Å². The van der Waals surface area contributed by atoms with Gasteiger partial charge in [0.05, 0.1) is 12.6 Å². The van der Waals surface area contributed by atoms with Gasteiger partial charge in [-0.2, -0.15) is 0 Å². The van der Waals surface area contributed by atoms with Gasteiger partial charge in [-0.15, -0.1) is 24.0 Å². The maximum absolute atomic E-state index is 9.66. The third-order valence-electron chi connectivity index (χ3n) is 6.68. The number of aliphatic hydroxyl groups excluding tert-OH is 1. The van der Waals surface area contributed by atoms with Crippen LogP contribution in [0.5, 0.6) is 0 Å². The summed E-state index contributed by atoms with van der Waals surface area (Å²) in [5.74, 6) is 0.943. The van der Waals surface area contributed by atoms with Crippen LogP contribution in [0.2, 0.25) is 0 Å². The molecule has 0 atom stereocenters. The number of likely N-dealkylation sites (tertiary alicyclic amines) is 2. The van der Waals surface area contributed by atoms with Crippen molar-refractivity contribution < 1.29 is 5.11 Å². The molecule has 0 unspecified atom stereocenters. The third-order valence-corrected chi connectivity index (χ3v) is 6.68. The van der Waals surface area contributed by atoms with E-state index in [-0.39, 0.29) is 30.1 Å². The third kappa shape index (κ3) is 7.87. The van der Waals surface area contributed by atoms with Crippen LogP contribution >= 0.6 is 24.0 Å². The summed E-state index contributed by atoms with van der Waals surface area (Å²) in [7, 11) is 0. The minimum Gasteiger partial charge on any atom is -0.393 e. The van der Waals surface area contributed by atoms with Gasteiger partial charge in [0.25, 0.3) is 0 Å². The van der Waals surface area contributed by atoms with Gasteiger partial charge >= 0.3 is 0 Å². The van der Waals surface area contributed by atoms with Crippen LogP contribution in [0.1, 0.15) is 56.6 Å². The number of rotatable bonds is 7. The maximum Gasteiger partial charge on any atom is 0.191 e. The Morgan fingerprint density at radius 3 is 2.23 bits per heavy atom. The highest BCUT2D eigenvalue weighted by molar-refractivity contribution is 14.0. The van der Waals surface area contributed by atoms with E-state index in [9.17, 15) is 5.11 Å². The lowest BCUT2D eigenvalue weighted by molar-refractivity contribution is 0.0792. The highest BCUT2D eigenvalue weighted by atomic mass is 127. The molecule has 1 saturated carbocycles. The number of guanidine groups is 1. The van der Waals surface area contributed by atoms with Gasteiger partial charge in [0.2, 0.25) is 0 Å². The summed E-state index contributed by atoms with van der Waals surface area (Å²) in [6.45, 7) is 9.11. The molecule has 1 aromatic rings. The molecule has 2 saturated heterocycles. The van der Waals surface area contributed by atoms with Crippen LogP contribution in [-0.4, -0.2) is 71.8 Å². The van der Waals surface area contributed by atoms with Gasteiger partial charge in [-0.25, -0.2) is 4.99 Å². The number of piperidine rings is 2. The van der Waals surface area contributed by atoms with Crippen LogP contribution in [0.3, 0.4) is 0 Å². The zero-order valence-electron chi connectivity index (χ0n) is 18.9. The molecule has 0 aromatic heterocycles.